The number of rotatable bonds is 7. The minimum absolute atomic E-state index is 0.557. The maximum absolute atomic E-state index is 5.43. The van der Waals surface area contributed by atoms with Gasteiger partial charge < -0.3 is 9.13 Å². The smallest absolute Gasteiger partial charge is 0.166 e. The quantitative estimate of drug-likeness (QED) is 0.160. The van der Waals surface area contributed by atoms with E-state index in [0.717, 1.165) is 50.4 Å². The van der Waals surface area contributed by atoms with Crippen LogP contribution in [0.15, 0.2) is 243 Å². The minimum atomic E-state index is 0.557. The van der Waals surface area contributed by atoms with Crippen LogP contribution in [0.25, 0.3) is 152 Å². The highest BCUT2D eigenvalue weighted by atomic mass is 32.1. The van der Waals surface area contributed by atoms with Gasteiger partial charge in [0.25, 0.3) is 0 Å². The number of fused-ring (bicyclic) bond motifs is 14. The molecule has 6 nitrogen and oxygen atoms in total. The molecule has 76 heavy (non-hydrogen) atoms. The lowest BCUT2D eigenvalue weighted by Crippen LogP contribution is -2.02. The number of hydrogen-bond donors (Lipinski definition) is 0. The summed E-state index contributed by atoms with van der Waals surface area (Å²) in [7, 11) is 0. The van der Waals surface area contributed by atoms with Crippen molar-refractivity contribution in [2.75, 3.05) is 0 Å². The third-order valence-corrected chi connectivity index (χ3v) is 17.2. The summed E-state index contributed by atoms with van der Waals surface area (Å²) in [6.45, 7) is 0. The zero-order valence-electron chi connectivity index (χ0n) is 40.6. The Kier molecular flexibility index (Phi) is 9.57. The molecular weight excluding hydrogens is 965 g/mol. The van der Waals surface area contributed by atoms with Gasteiger partial charge in [-0.05, 0) is 72.3 Å². The van der Waals surface area contributed by atoms with Gasteiger partial charge in [0, 0.05) is 107 Å². The Morgan fingerprint density at radius 1 is 0.303 bits per heavy atom. The summed E-state index contributed by atoms with van der Waals surface area (Å²) >= 11 is 3.66. The van der Waals surface area contributed by atoms with E-state index in [1.807, 2.05) is 65.3 Å². The van der Waals surface area contributed by atoms with E-state index in [1.165, 1.54) is 84.0 Å². The van der Waals surface area contributed by atoms with Crippen LogP contribution in [0.3, 0.4) is 0 Å². The fraction of sp³-hybridized carbons (Fsp3) is 0. The Labute approximate surface area is 443 Å². The summed E-state index contributed by atoms with van der Waals surface area (Å²) < 4.78 is 9.75. The van der Waals surface area contributed by atoms with Gasteiger partial charge in [0.2, 0.25) is 0 Å². The highest BCUT2D eigenvalue weighted by molar-refractivity contribution is 7.26. The Bertz CT molecular complexity index is 4920. The largest absolute Gasteiger partial charge is 0.309 e. The Morgan fingerprint density at radius 2 is 0.737 bits per heavy atom. The molecule has 6 heterocycles. The second-order valence-corrected chi connectivity index (χ2v) is 21.5. The molecule has 16 rings (SSSR count). The normalized spacial score (nSPS) is 11.9. The van der Waals surface area contributed by atoms with Gasteiger partial charge in [-0.25, -0.2) is 15.0 Å². The third-order valence-electron chi connectivity index (χ3n) is 15.0. The lowest BCUT2D eigenvalue weighted by Gasteiger charge is -2.14. The number of aromatic nitrogens is 6. The molecule has 0 fully saturated rings. The second kappa shape index (κ2) is 17.0. The fourth-order valence-electron chi connectivity index (χ4n) is 11.6. The van der Waals surface area contributed by atoms with E-state index < -0.39 is 0 Å². The SMILES string of the molecule is c1ccc(-c2nc(-c3ccccc3)nc(-c3cc(-c4ccc5c(c4)sc4ccc6c7ccccc7n(-c7ccccc7)c6c45)cnc3-c3ccc4c(c3)sc3ccc5c6ccccc6n(-c6ccccc6)c5c34)n2)cc1. The third kappa shape index (κ3) is 6.64. The van der Waals surface area contributed by atoms with Crippen molar-refractivity contribution in [2.24, 2.45) is 0 Å². The predicted molar refractivity (Wildman–Crippen MR) is 319 cm³/mol. The Hall–Kier alpha value is -9.60. The van der Waals surface area contributed by atoms with Crippen LogP contribution in [0.5, 0.6) is 0 Å². The summed E-state index contributed by atoms with van der Waals surface area (Å²) in [5.41, 5.74) is 13.6. The molecule has 0 aliphatic carbocycles. The van der Waals surface area contributed by atoms with Crippen molar-refractivity contribution in [1.82, 2.24) is 29.1 Å². The van der Waals surface area contributed by atoms with Crippen LogP contribution < -0.4 is 0 Å². The average Bonchev–Trinajstić information content (AvgIpc) is 4.31. The first-order valence-corrected chi connectivity index (χ1v) is 27.1. The van der Waals surface area contributed by atoms with Gasteiger partial charge in [-0.3, -0.25) is 4.98 Å². The number of hydrogen-bond acceptors (Lipinski definition) is 6. The molecule has 0 bridgehead atoms. The maximum atomic E-state index is 5.43. The van der Waals surface area contributed by atoms with Crippen molar-refractivity contribution in [3.63, 3.8) is 0 Å². The summed E-state index contributed by atoms with van der Waals surface area (Å²) in [4.78, 5) is 21.1. The maximum Gasteiger partial charge on any atom is 0.166 e. The molecule has 0 amide bonds. The van der Waals surface area contributed by atoms with Crippen LogP contribution >= 0.6 is 22.7 Å². The number of pyridine rings is 1. The molecule has 0 spiro atoms. The molecule has 0 radical (unpaired) electrons. The van der Waals surface area contributed by atoms with Gasteiger partial charge >= 0.3 is 0 Å². The number of para-hydroxylation sites is 4. The van der Waals surface area contributed by atoms with E-state index in [-0.39, 0.29) is 0 Å². The molecule has 354 valence electrons. The Balaban J connectivity index is 0.908. The molecule has 10 aromatic carbocycles. The lowest BCUT2D eigenvalue weighted by molar-refractivity contribution is 1.07. The van der Waals surface area contributed by atoms with E-state index in [1.54, 1.807) is 0 Å². The first-order chi connectivity index (χ1) is 37.7. The van der Waals surface area contributed by atoms with Crippen LogP contribution in [0, 0.1) is 0 Å². The van der Waals surface area contributed by atoms with Crippen molar-refractivity contribution >= 4 is 107 Å². The van der Waals surface area contributed by atoms with Crippen LogP contribution in [0.1, 0.15) is 0 Å². The first-order valence-electron chi connectivity index (χ1n) is 25.4. The van der Waals surface area contributed by atoms with Crippen molar-refractivity contribution in [2.45, 2.75) is 0 Å². The van der Waals surface area contributed by atoms with E-state index in [0.29, 0.717) is 17.5 Å². The van der Waals surface area contributed by atoms with Crippen LogP contribution in [0.4, 0.5) is 0 Å². The fourth-order valence-corrected chi connectivity index (χ4v) is 13.9. The van der Waals surface area contributed by atoms with E-state index in [2.05, 4.69) is 209 Å². The zero-order chi connectivity index (χ0) is 49.8. The number of nitrogens with zero attached hydrogens (tertiary/aromatic N) is 6. The molecule has 0 aliphatic rings. The first kappa shape index (κ1) is 42.9. The van der Waals surface area contributed by atoms with E-state index in [4.69, 9.17) is 19.9 Å². The minimum Gasteiger partial charge on any atom is -0.309 e. The van der Waals surface area contributed by atoms with Crippen molar-refractivity contribution in [3.05, 3.63) is 243 Å². The lowest BCUT2D eigenvalue weighted by atomic mass is 9.98. The number of benzene rings is 10. The van der Waals surface area contributed by atoms with Gasteiger partial charge in [-0.1, -0.05) is 170 Å². The topological polar surface area (TPSA) is 61.4 Å². The van der Waals surface area contributed by atoms with Crippen LogP contribution in [-0.2, 0) is 0 Å². The van der Waals surface area contributed by atoms with E-state index in [9.17, 15) is 0 Å². The summed E-state index contributed by atoms with van der Waals surface area (Å²) in [6.07, 6.45) is 2.02. The van der Waals surface area contributed by atoms with Crippen molar-refractivity contribution in [3.8, 4) is 67.9 Å². The molecule has 0 saturated heterocycles. The highest BCUT2D eigenvalue weighted by Gasteiger charge is 2.23. The standard InChI is InChI=1S/C68H40N6S2/c1-5-17-41(18-6-1)66-70-67(42-19-7-2-8-20-42)72-68(71-66)54-37-45(43-29-31-52-59(38-43)75-57-35-33-50-48-25-13-15-27-55(48)73(64(50)61(52)57)46-21-9-3-10-22-46)40-69-63(54)44-30-32-53-60(39-44)76-58-36-34-51-49-26-14-16-28-56(49)74(65(51)62(53)58)47-23-11-4-12-24-47/h1-40H. The summed E-state index contributed by atoms with van der Waals surface area (Å²) in [5.74, 6) is 1.76. The number of thiophene rings is 2. The van der Waals surface area contributed by atoms with Crippen LogP contribution in [-0.4, -0.2) is 29.1 Å². The Morgan fingerprint density at radius 3 is 1.26 bits per heavy atom. The highest BCUT2D eigenvalue weighted by Crippen LogP contribution is 2.47. The second-order valence-electron chi connectivity index (χ2n) is 19.3. The predicted octanol–water partition coefficient (Wildman–Crippen LogP) is 18.5. The molecular formula is C68H40N6S2. The van der Waals surface area contributed by atoms with Gasteiger partial charge in [0.1, 0.15) is 0 Å². The van der Waals surface area contributed by atoms with Gasteiger partial charge in [0.15, 0.2) is 17.5 Å². The molecule has 0 N–H and O–H groups in total. The van der Waals surface area contributed by atoms with Crippen molar-refractivity contribution in [1.29, 1.82) is 0 Å². The molecule has 0 aliphatic heterocycles. The zero-order valence-corrected chi connectivity index (χ0v) is 42.2. The van der Waals surface area contributed by atoms with Gasteiger partial charge in [-0.2, -0.15) is 0 Å². The van der Waals surface area contributed by atoms with Gasteiger partial charge in [0.05, 0.1) is 27.8 Å². The molecule has 0 saturated carbocycles. The van der Waals surface area contributed by atoms with Gasteiger partial charge in [-0.15, -0.1) is 22.7 Å². The van der Waals surface area contributed by atoms with E-state index >= 15 is 0 Å². The molecule has 0 atom stereocenters. The van der Waals surface area contributed by atoms with Crippen LogP contribution in [0.2, 0.25) is 0 Å². The average molecular weight is 1010 g/mol. The summed E-state index contributed by atoms with van der Waals surface area (Å²) in [5, 5.41) is 9.95. The molecule has 6 aromatic heterocycles. The summed E-state index contributed by atoms with van der Waals surface area (Å²) in [6, 6.07) is 84.4. The molecule has 16 aromatic rings. The molecule has 0 unspecified atom stereocenters. The monoisotopic (exact) mass is 1000 g/mol. The van der Waals surface area contributed by atoms with Crippen molar-refractivity contribution < 1.29 is 0 Å². The molecule has 8 heteroatoms.